The van der Waals surface area contributed by atoms with Crippen LogP contribution >= 0.6 is 11.3 Å². The molecule has 7 heterocycles. The summed E-state index contributed by atoms with van der Waals surface area (Å²) in [5.74, 6) is 0.788. The van der Waals surface area contributed by atoms with Crippen LogP contribution in [0.1, 0.15) is 12.8 Å². The third-order valence-electron chi connectivity index (χ3n) is 6.69. The van der Waals surface area contributed by atoms with Crippen molar-refractivity contribution in [2.45, 2.75) is 18.9 Å². The molecule has 0 spiro atoms. The molecule has 0 saturated carbocycles. The highest BCUT2D eigenvalue weighted by atomic mass is 32.1. The zero-order valence-electron chi connectivity index (χ0n) is 19.4. The minimum atomic E-state index is 0.222. The van der Waals surface area contributed by atoms with E-state index >= 15 is 0 Å². The maximum atomic E-state index is 6.21. The van der Waals surface area contributed by atoms with E-state index in [2.05, 4.69) is 64.4 Å². The number of thiophene rings is 1. The van der Waals surface area contributed by atoms with Crippen molar-refractivity contribution in [3.63, 3.8) is 0 Å². The van der Waals surface area contributed by atoms with Crippen LogP contribution in [-0.4, -0.2) is 49.3 Å². The average Bonchev–Trinajstić information content (AvgIpc) is 3.68. The van der Waals surface area contributed by atoms with Crippen molar-refractivity contribution in [2.24, 2.45) is 0 Å². The number of ether oxygens (including phenoxy) is 1. The number of H-pyrrole nitrogens is 2. The van der Waals surface area contributed by atoms with Crippen LogP contribution in [0.15, 0.2) is 66.0 Å². The number of piperidine rings is 1. The van der Waals surface area contributed by atoms with Gasteiger partial charge in [-0.05, 0) is 66.5 Å². The van der Waals surface area contributed by atoms with E-state index in [0.717, 1.165) is 76.0 Å². The van der Waals surface area contributed by atoms with Crippen LogP contribution < -0.4 is 10.1 Å². The van der Waals surface area contributed by atoms with Gasteiger partial charge in [-0.15, -0.1) is 0 Å². The van der Waals surface area contributed by atoms with Crippen LogP contribution in [0, 0.1) is 0 Å². The fraction of sp³-hybridized carbons (Fsp3) is 0.185. The van der Waals surface area contributed by atoms with E-state index in [1.54, 1.807) is 17.5 Å². The summed E-state index contributed by atoms with van der Waals surface area (Å²) in [5.41, 5.74) is 7.68. The number of nitrogens with zero attached hydrogens (tertiary/aromatic N) is 4. The standard InChI is InChI=1S/C27H23N7OS/c1-4-28-5-2-19(1)35-20-7-17(10-29-12-20)18-8-22-26(33-34-27(22)31-11-18)24-9-21-23(16-3-6-36-15-16)13-30-14-25(21)32-24/h3,6-15,19,28,32H,1-2,4-5H2,(H,31,33,34). The SMILES string of the molecule is c1cc(-c2cncc3[nH]c(-c4[nH]nc5ncc(-c6cncc(OC7CCNCC7)c6)cc45)cc23)cs1. The molecule has 8 nitrogen and oxygen atoms in total. The van der Waals surface area contributed by atoms with E-state index in [0.29, 0.717) is 5.65 Å². The molecule has 9 heteroatoms. The Hall–Kier alpha value is -4.08. The van der Waals surface area contributed by atoms with Crippen LogP contribution in [0.3, 0.4) is 0 Å². The Bertz CT molecular complexity index is 1660. The lowest BCUT2D eigenvalue weighted by atomic mass is 10.1. The van der Waals surface area contributed by atoms with Crippen LogP contribution in [-0.2, 0) is 0 Å². The highest BCUT2D eigenvalue weighted by Gasteiger charge is 2.17. The third-order valence-corrected chi connectivity index (χ3v) is 7.38. The average molecular weight is 494 g/mol. The summed E-state index contributed by atoms with van der Waals surface area (Å²) in [5, 5.41) is 17.3. The topological polar surface area (TPSA) is 104 Å². The zero-order valence-corrected chi connectivity index (χ0v) is 20.2. The lowest BCUT2D eigenvalue weighted by molar-refractivity contribution is 0.162. The second-order valence-electron chi connectivity index (χ2n) is 9.01. The summed E-state index contributed by atoms with van der Waals surface area (Å²) < 4.78 is 6.21. The van der Waals surface area contributed by atoms with Crippen molar-refractivity contribution in [3.8, 4) is 39.4 Å². The molecule has 1 aliphatic rings. The Morgan fingerprint density at radius 2 is 1.78 bits per heavy atom. The molecule has 0 aliphatic carbocycles. The Morgan fingerprint density at radius 1 is 0.889 bits per heavy atom. The minimum absolute atomic E-state index is 0.222. The van der Waals surface area contributed by atoms with Crippen LogP contribution in [0.2, 0.25) is 0 Å². The molecule has 1 fully saturated rings. The van der Waals surface area contributed by atoms with Crippen molar-refractivity contribution in [1.82, 2.24) is 35.5 Å². The lowest BCUT2D eigenvalue weighted by Crippen LogP contribution is -2.34. The van der Waals surface area contributed by atoms with E-state index < -0.39 is 0 Å². The minimum Gasteiger partial charge on any atom is -0.489 e. The quantitative estimate of drug-likeness (QED) is 0.296. The molecule has 0 atom stereocenters. The lowest BCUT2D eigenvalue weighted by Gasteiger charge is -2.23. The third kappa shape index (κ3) is 3.82. The van der Waals surface area contributed by atoms with Crippen molar-refractivity contribution in [3.05, 3.63) is 66.0 Å². The molecule has 0 amide bonds. The van der Waals surface area contributed by atoms with Crippen molar-refractivity contribution in [2.75, 3.05) is 13.1 Å². The van der Waals surface area contributed by atoms with Gasteiger partial charge in [0.05, 0.1) is 29.3 Å². The molecular weight excluding hydrogens is 470 g/mol. The molecule has 0 bridgehead atoms. The first-order chi connectivity index (χ1) is 17.8. The summed E-state index contributed by atoms with van der Waals surface area (Å²) in [4.78, 5) is 17.0. The number of aromatic nitrogens is 6. The molecule has 1 saturated heterocycles. The Labute approximate surface area is 210 Å². The number of hydrogen-bond donors (Lipinski definition) is 3. The van der Waals surface area contributed by atoms with Gasteiger partial charge in [0.25, 0.3) is 0 Å². The summed E-state index contributed by atoms with van der Waals surface area (Å²) in [7, 11) is 0. The molecule has 0 aromatic carbocycles. The molecule has 6 aromatic heterocycles. The number of fused-ring (bicyclic) bond motifs is 2. The molecule has 3 N–H and O–H groups in total. The van der Waals surface area contributed by atoms with E-state index in [-0.39, 0.29) is 6.10 Å². The molecule has 1 aliphatic heterocycles. The van der Waals surface area contributed by atoms with Gasteiger partial charge in [-0.1, -0.05) is 0 Å². The van der Waals surface area contributed by atoms with Gasteiger partial charge in [0.2, 0.25) is 0 Å². The smallest absolute Gasteiger partial charge is 0.181 e. The molecule has 7 rings (SSSR count). The van der Waals surface area contributed by atoms with E-state index in [1.165, 1.54) is 5.56 Å². The van der Waals surface area contributed by atoms with Crippen LogP contribution in [0.4, 0.5) is 0 Å². The predicted octanol–water partition coefficient (Wildman–Crippen LogP) is 5.42. The van der Waals surface area contributed by atoms with Gasteiger partial charge in [-0.2, -0.15) is 16.4 Å². The number of nitrogens with one attached hydrogen (secondary N) is 3. The highest BCUT2D eigenvalue weighted by Crippen LogP contribution is 2.35. The van der Waals surface area contributed by atoms with Crippen molar-refractivity contribution < 1.29 is 4.74 Å². The second-order valence-corrected chi connectivity index (χ2v) is 9.79. The first-order valence-corrected chi connectivity index (χ1v) is 12.9. The van der Waals surface area contributed by atoms with E-state index in [1.807, 2.05) is 30.9 Å². The van der Waals surface area contributed by atoms with Gasteiger partial charge in [0, 0.05) is 46.1 Å². The van der Waals surface area contributed by atoms with Gasteiger partial charge in [-0.3, -0.25) is 15.1 Å². The number of hydrogen-bond acceptors (Lipinski definition) is 7. The van der Waals surface area contributed by atoms with Gasteiger partial charge < -0.3 is 15.0 Å². The Kier molecular flexibility index (Phi) is 5.22. The monoisotopic (exact) mass is 493 g/mol. The normalized spacial score (nSPS) is 14.6. The largest absolute Gasteiger partial charge is 0.489 e. The fourth-order valence-electron chi connectivity index (χ4n) is 4.84. The molecular formula is C27H23N7OS. The van der Waals surface area contributed by atoms with Gasteiger partial charge in [0.15, 0.2) is 5.65 Å². The number of rotatable bonds is 5. The first kappa shape index (κ1) is 21.2. The van der Waals surface area contributed by atoms with E-state index in [4.69, 9.17) is 4.74 Å². The van der Waals surface area contributed by atoms with Crippen molar-refractivity contribution >= 4 is 33.3 Å². The van der Waals surface area contributed by atoms with Crippen LogP contribution in [0.25, 0.3) is 55.6 Å². The second kappa shape index (κ2) is 8.85. The molecule has 178 valence electrons. The van der Waals surface area contributed by atoms with Gasteiger partial charge in [0.1, 0.15) is 11.9 Å². The number of aromatic amines is 2. The summed E-state index contributed by atoms with van der Waals surface area (Å²) >= 11 is 1.68. The first-order valence-electron chi connectivity index (χ1n) is 12.0. The molecule has 0 radical (unpaired) electrons. The zero-order chi connectivity index (χ0) is 23.9. The molecule has 6 aromatic rings. The Balaban J connectivity index is 1.26. The summed E-state index contributed by atoms with van der Waals surface area (Å²) in [6, 6.07) is 8.42. The fourth-order valence-corrected chi connectivity index (χ4v) is 5.50. The van der Waals surface area contributed by atoms with E-state index in [9.17, 15) is 0 Å². The van der Waals surface area contributed by atoms with Gasteiger partial charge >= 0.3 is 0 Å². The summed E-state index contributed by atoms with van der Waals surface area (Å²) in [6.45, 7) is 1.97. The predicted molar refractivity (Wildman–Crippen MR) is 142 cm³/mol. The van der Waals surface area contributed by atoms with Crippen LogP contribution in [0.5, 0.6) is 5.75 Å². The highest BCUT2D eigenvalue weighted by molar-refractivity contribution is 7.08. The Morgan fingerprint density at radius 3 is 2.67 bits per heavy atom. The molecule has 0 unspecified atom stereocenters. The maximum absolute atomic E-state index is 6.21. The summed E-state index contributed by atoms with van der Waals surface area (Å²) in [6.07, 6.45) is 11.5. The van der Waals surface area contributed by atoms with Crippen molar-refractivity contribution in [1.29, 1.82) is 0 Å². The number of pyridine rings is 3. The maximum Gasteiger partial charge on any atom is 0.181 e. The van der Waals surface area contributed by atoms with Gasteiger partial charge in [-0.25, -0.2) is 4.98 Å². The molecule has 36 heavy (non-hydrogen) atoms.